The minimum absolute atomic E-state index is 0.0448. The summed E-state index contributed by atoms with van der Waals surface area (Å²) in [5, 5.41) is 2.53. The van der Waals surface area contributed by atoms with Crippen LogP contribution in [0.25, 0.3) is 10.8 Å². The fourth-order valence-corrected chi connectivity index (χ4v) is 3.53. The molecule has 0 saturated carbocycles. The van der Waals surface area contributed by atoms with E-state index in [1.807, 2.05) is 0 Å². The topological polar surface area (TPSA) is 26.0 Å². The van der Waals surface area contributed by atoms with Crippen molar-refractivity contribution in [3.63, 3.8) is 0 Å². The highest BCUT2D eigenvalue weighted by atomic mass is 14.6. The molecule has 1 heteroatoms. The lowest BCUT2D eigenvalue weighted by molar-refractivity contribution is 0.572. The lowest BCUT2D eigenvalue weighted by atomic mass is 9.84. The van der Waals surface area contributed by atoms with Gasteiger partial charge in [-0.15, -0.1) is 0 Å². The Labute approximate surface area is 151 Å². The van der Waals surface area contributed by atoms with Crippen molar-refractivity contribution in [2.75, 3.05) is 0 Å². The first-order chi connectivity index (χ1) is 11.9. The molecule has 2 atom stereocenters. The van der Waals surface area contributed by atoms with Crippen molar-refractivity contribution in [3.8, 4) is 0 Å². The Hall–Kier alpha value is -2.12. The number of hydrogen-bond donors (Lipinski definition) is 1. The zero-order valence-corrected chi connectivity index (χ0v) is 15.8. The molecule has 0 amide bonds. The summed E-state index contributed by atoms with van der Waals surface area (Å²) in [6.07, 6.45) is 0.947. The van der Waals surface area contributed by atoms with Gasteiger partial charge in [0.05, 0.1) is 0 Å². The second-order valence-electron chi connectivity index (χ2n) is 8.18. The Morgan fingerprint density at radius 3 is 2.16 bits per heavy atom. The first-order valence-corrected chi connectivity index (χ1v) is 9.20. The number of rotatable bonds is 4. The van der Waals surface area contributed by atoms with Gasteiger partial charge in [-0.25, -0.2) is 0 Å². The summed E-state index contributed by atoms with van der Waals surface area (Å²) >= 11 is 0. The molecule has 0 fully saturated rings. The van der Waals surface area contributed by atoms with E-state index in [4.69, 9.17) is 5.73 Å². The summed E-state index contributed by atoms with van der Waals surface area (Å²) in [4.78, 5) is 0. The van der Waals surface area contributed by atoms with Crippen LogP contribution in [0.2, 0.25) is 0 Å². The van der Waals surface area contributed by atoms with Gasteiger partial charge in [-0.2, -0.15) is 0 Å². The van der Waals surface area contributed by atoms with E-state index in [1.54, 1.807) is 0 Å². The molecule has 3 aromatic rings. The zero-order chi connectivity index (χ0) is 18.0. The van der Waals surface area contributed by atoms with Gasteiger partial charge in [-0.3, -0.25) is 0 Å². The first-order valence-electron chi connectivity index (χ1n) is 9.20. The normalized spacial score (nSPS) is 14.4. The Morgan fingerprint density at radius 2 is 1.48 bits per heavy atom. The molecule has 3 aromatic carbocycles. The van der Waals surface area contributed by atoms with E-state index in [0.717, 1.165) is 6.42 Å². The second kappa shape index (κ2) is 7.01. The van der Waals surface area contributed by atoms with Crippen molar-refractivity contribution >= 4 is 10.8 Å². The summed E-state index contributed by atoms with van der Waals surface area (Å²) < 4.78 is 0. The van der Waals surface area contributed by atoms with E-state index in [1.165, 1.54) is 27.5 Å². The van der Waals surface area contributed by atoms with Gasteiger partial charge in [-0.05, 0) is 45.2 Å². The van der Waals surface area contributed by atoms with Crippen molar-refractivity contribution in [3.05, 3.63) is 83.4 Å². The largest absolute Gasteiger partial charge is 0.324 e. The molecule has 0 saturated heterocycles. The molecule has 0 heterocycles. The van der Waals surface area contributed by atoms with Gasteiger partial charge in [0.15, 0.2) is 0 Å². The van der Waals surface area contributed by atoms with E-state index in [9.17, 15) is 0 Å². The number of benzene rings is 3. The molecule has 25 heavy (non-hydrogen) atoms. The van der Waals surface area contributed by atoms with E-state index in [0.29, 0.717) is 5.92 Å². The SMILES string of the molecule is CC(CC(N)c1cccc2ccccc12)c1ccc(C(C)(C)C)cc1. The lowest BCUT2D eigenvalue weighted by Crippen LogP contribution is -2.14. The molecule has 0 aliphatic rings. The van der Waals surface area contributed by atoms with Crippen LogP contribution in [0.3, 0.4) is 0 Å². The summed E-state index contributed by atoms with van der Waals surface area (Å²) in [5.41, 5.74) is 10.8. The van der Waals surface area contributed by atoms with Gasteiger partial charge in [0.2, 0.25) is 0 Å². The molecule has 0 spiro atoms. The molecule has 0 radical (unpaired) electrons. The van der Waals surface area contributed by atoms with E-state index < -0.39 is 0 Å². The number of nitrogens with two attached hydrogens (primary N) is 1. The molecule has 0 aliphatic heterocycles. The van der Waals surface area contributed by atoms with Crippen molar-refractivity contribution in [1.29, 1.82) is 0 Å². The maximum Gasteiger partial charge on any atom is 0.0306 e. The summed E-state index contributed by atoms with van der Waals surface area (Å²) in [7, 11) is 0. The Bertz CT molecular complexity index is 835. The maximum atomic E-state index is 6.60. The van der Waals surface area contributed by atoms with E-state index in [2.05, 4.69) is 94.4 Å². The monoisotopic (exact) mass is 331 g/mol. The van der Waals surface area contributed by atoms with Crippen LogP contribution in [0, 0.1) is 0 Å². The van der Waals surface area contributed by atoms with Gasteiger partial charge in [0.25, 0.3) is 0 Å². The highest BCUT2D eigenvalue weighted by Gasteiger charge is 2.17. The fourth-order valence-electron chi connectivity index (χ4n) is 3.53. The van der Waals surface area contributed by atoms with Gasteiger partial charge in [0.1, 0.15) is 0 Å². The average molecular weight is 332 g/mol. The number of hydrogen-bond acceptors (Lipinski definition) is 1. The van der Waals surface area contributed by atoms with Crippen molar-refractivity contribution in [1.82, 2.24) is 0 Å². The summed E-state index contributed by atoms with van der Waals surface area (Å²) in [5.74, 6) is 0.433. The van der Waals surface area contributed by atoms with Crippen LogP contribution >= 0.6 is 0 Å². The van der Waals surface area contributed by atoms with Gasteiger partial charge in [0, 0.05) is 6.04 Å². The minimum atomic E-state index is 0.0448. The predicted octanol–water partition coefficient (Wildman–Crippen LogP) is 6.33. The minimum Gasteiger partial charge on any atom is -0.324 e. The molecule has 2 N–H and O–H groups in total. The van der Waals surface area contributed by atoms with Crippen LogP contribution < -0.4 is 5.73 Å². The molecule has 3 rings (SSSR count). The number of fused-ring (bicyclic) bond motifs is 1. The van der Waals surface area contributed by atoms with Crippen LogP contribution in [0.15, 0.2) is 66.7 Å². The Morgan fingerprint density at radius 1 is 0.840 bits per heavy atom. The molecule has 0 bridgehead atoms. The molecule has 0 aliphatic carbocycles. The Balaban J connectivity index is 1.79. The molecule has 0 aromatic heterocycles. The van der Waals surface area contributed by atoms with Crippen LogP contribution in [0.1, 0.15) is 62.8 Å². The maximum absolute atomic E-state index is 6.60. The zero-order valence-electron chi connectivity index (χ0n) is 15.8. The molecule has 130 valence electrons. The van der Waals surface area contributed by atoms with Crippen molar-refractivity contribution < 1.29 is 0 Å². The second-order valence-corrected chi connectivity index (χ2v) is 8.18. The summed E-state index contributed by atoms with van der Waals surface area (Å²) in [6.45, 7) is 9.03. The van der Waals surface area contributed by atoms with Crippen LogP contribution in [-0.2, 0) is 5.41 Å². The van der Waals surface area contributed by atoms with Gasteiger partial charge in [-0.1, -0.05) is 94.4 Å². The standard InChI is InChI=1S/C24H29N/c1-17(18-12-14-20(15-13-18)24(2,3)4)16-23(25)22-11-7-9-19-8-5-6-10-21(19)22/h5-15,17,23H,16,25H2,1-4H3. The Kier molecular flexibility index (Phi) is 4.96. The highest BCUT2D eigenvalue weighted by molar-refractivity contribution is 5.86. The van der Waals surface area contributed by atoms with Crippen LogP contribution in [0.5, 0.6) is 0 Å². The van der Waals surface area contributed by atoms with Crippen LogP contribution in [0.4, 0.5) is 0 Å². The van der Waals surface area contributed by atoms with Gasteiger partial charge >= 0.3 is 0 Å². The summed E-state index contributed by atoms with van der Waals surface area (Å²) in [6, 6.07) is 24.0. The third-order valence-corrected chi connectivity index (χ3v) is 5.18. The third kappa shape index (κ3) is 3.93. The van der Waals surface area contributed by atoms with E-state index >= 15 is 0 Å². The van der Waals surface area contributed by atoms with Gasteiger partial charge < -0.3 is 5.73 Å². The predicted molar refractivity (Wildman–Crippen MR) is 109 cm³/mol. The van der Waals surface area contributed by atoms with Crippen molar-refractivity contribution in [2.24, 2.45) is 5.73 Å². The fraction of sp³-hybridized carbons (Fsp3) is 0.333. The average Bonchev–Trinajstić information content (AvgIpc) is 2.60. The lowest BCUT2D eigenvalue weighted by Gasteiger charge is -2.22. The molecule has 1 nitrogen and oxygen atoms in total. The van der Waals surface area contributed by atoms with Crippen LogP contribution in [-0.4, -0.2) is 0 Å². The highest BCUT2D eigenvalue weighted by Crippen LogP contribution is 2.31. The molecular formula is C24H29N. The third-order valence-electron chi connectivity index (χ3n) is 5.18. The van der Waals surface area contributed by atoms with E-state index in [-0.39, 0.29) is 11.5 Å². The quantitative estimate of drug-likeness (QED) is 0.594. The first kappa shape index (κ1) is 17.7. The van der Waals surface area contributed by atoms with Crippen molar-refractivity contribution in [2.45, 2.75) is 51.5 Å². The molecular weight excluding hydrogens is 302 g/mol. The smallest absolute Gasteiger partial charge is 0.0306 e. The molecule has 2 unspecified atom stereocenters.